The molecule has 2 aliphatic rings. The van der Waals surface area contributed by atoms with Crippen molar-refractivity contribution in [2.45, 2.75) is 5.41 Å². The van der Waals surface area contributed by atoms with E-state index in [0.29, 0.717) is 11.1 Å². The van der Waals surface area contributed by atoms with Gasteiger partial charge in [-0.1, -0.05) is 109 Å². The monoisotopic (exact) mass is 672 g/mol. The first-order chi connectivity index (χ1) is 26.1. The Labute approximate surface area is 307 Å². The summed E-state index contributed by atoms with van der Waals surface area (Å²) in [4.78, 5) is 9.16. The molecular weight excluding hydrogens is 645 g/mol. The van der Waals surface area contributed by atoms with Crippen molar-refractivity contribution in [2.75, 3.05) is 0 Å². The number of aromatic nitrogens is 2. The Morgan fingerprint density at radius 1 is 0.358 bits per heavy atom. The highest BCUT2D eigenvalue weighted by Gasteiger charge is 2.51. The van der Waals surface area contributed by atoms with E-state index < -0.39 is 5.41 Å². The predicted molar refractivity (Wildman–Crippen MR) is 210 cm³/mol. The molecule has 0 amide bonds. The number of pyridine rings is 2. The molecule has 2 aromatic heterocycles. The van der Waals surface area contributed by atoms with Gasteiger partial charge in [0.1, 0.15) is 0 Å². The molecule has 4 nitrogen and oxygen atoms in total. The highest BCUT2D eigenvalue weighted by molar-refractivity contribution is 5.97. The average Bonchev–Trinajstić information content (AvgIpc) is 3.70. The van der Waals surface area contributed by atoms with E-state index >= 15 is 0 Å². The van der Waals surface area contributed by atoms with Gasteiger partial charge in [-0.25, -0.2) is 0 Å². The molecule has 4 heteroatoms. The van der Waals surface area contributed by atoms with Crippen LogP contribution in [-0.4, -0.2) is 9.97 Å². The summed E-state index contributed by atoms with van der Waals surface area (Å²) in [5, 5.41) is 19.0. The van der Waals surface area contributed by atoms with E-state index in [2.05, 4.69) is 143 Å². The summed E-state index contributed by atoms with van der Waals surface area (Å²) < 4.78 is 0. The van der Waals surface area contributed by atoms with Crippen molar-refractivity contribution in [3.8, 4) is 79.2 Å². The molecule has 53 heavy (non-hydrogen) atoms. The Kier molecular flexibility index (Phi) is 6.80. The lowest BCUT2D eigenvalue weighted by molar-refractivity contribution is 0.794. The van der Waals surface area contributed by atoms with Gasteiger partial charge >= 0.3 is 0 Å². The minimum Gasteiger partial charge on any atom is -0.256 e. The molecule has 1 spiro atoms. The second-order valence-electron chi connectivity index (χ2n) is 13.6. The number of hydrogen-bond acceptors (Lipinski definition) is 4. The Morgan fingerprint density at radius 2 is 0.774 bits per heavy atom. The fourth-order valence-corrected chi connectivity index (χ4v) is 8.53. The first-order valence-corrected chi connectivity index (χ1v) is 17.6. The molecule has 0 fully saturated rings. The van der Waals surface area contributed by atoms with Crippen molar-refractivity contribution >= 4 is 0 Å². The molecule has 2 heterocycles. The highest BCUT2D eigenvalue weighted by Crippen LogP contribution is 2.63. The standard InChI is InChI=1S/C49H28N4/c50-29-31-19-21-52-47(23-31)37-9-5-7-33(25-37)35-15-17-41-42-18-16-36(34-8-6-10-38(26-34)48-24-32(30-51)20-22-53-48)28-46(42)49(45(41)27-35)43-13-3-1-11-39(43)40-12-2-4-14-44(40)49/h1-28H. The molecule has 6 aromatic carbocycles. The second kappa shape index (κ2) is 11.8. The third-order valence-corrected chi connectivity index (χ3v) is 10.9. The number of benzene rings is 6. The van der Waals surface area contributed by atoms with E-state index in [1.807, 2.05) is 24.3 Å². The summed E-state index contributed by atoms with van der Waals surface area (Å²) in [6.45, 7) is 0. The van der Waals surface area contributed by atoms with Gasteiger partial charge in [-0.05, 0) is 115 Å². The van der Waals surface area contributed by atoms with E-state index in [1.165, 1.54) is 44.5 Å². The molecule has 10 rings (SSSR count). The largest absolute Gasteiger partial charge is 0.256 e. The summed E-state index contributed by atoms with van der Waals surface area (Å²) in [6, 6.07) is 60.0. The van der Waals surface area contributed by atoms with Gasteiger partial charge in [-0.3, -0.25) is 9.97 Å². The topological polar surface area (TPSA) is 73.4 Å². The lowest BCUT2D eigenvalue weighted by Gasteiger charge is -2.31. The van der Waals surface area contributed by atoms with Crippen LogP contribution in [0, 0.1) is 22.7 Å². The first kappa shape index (κ1) is 30.4. The summed E-state index contributed by atoms with van der Waals surface area (Å²) in [5.74, 6) is 0. The molecule has 2 aliphatic carbocycles. The molecule has 8 aromatic rings. The smallest absolute Gasteiger partial charge is 0.0992 e. The van der Waals surface area contributed by atoms with Crippen LogP contribution in [0.25, 0.3) is 67.0 Å². The van der Waals surface area contributed by atoms with E-state index in [-0.39, 0.29) is 0 Å². The molecular formula is C49H28N4. The fraction of sp³-hybridized carbons (Fsp3) is 0.0204. The van der Waals surface area contributed by atoms with Gasteiger partial charge in [-0.15, -0.1) is 0 Å². The zero-order chi connectivity index (χ0) is 35.5. The number of hydrogen-bond donors (Lipinski definition) is 0. The molecule has 0 N–H and O–H groups in total. The highest BCUT2D eigenvalue weighted by atomic mass is 14.7. The van der Waals surface area contributed by atoms with Crippen LogP contribution >= 0.6 is 0 Å². The van der Waals surface area contributed by atoms with Crippen LogP contribution in [0.15, 0.2) is 170 Å². The van der Waals surface area contributed by atoms with E-state index in [0.717, 1.165) is 44.8 Å². The maximum atomic E-state index is 9.51. The number of rotatable bonds is 4. The van der Waals surface area contributed by atoms with Crippen molar-refractivity contribution in [3.05, 3.63) is 203 Å². The molecule has 0 bridgehead atoms. The molecule has 0 radical (unpaired) electrons. The van der Waals surface area contributed by atoms with Crippen LogP contribution < -0.4 is 0 Å². The summed E-state index contributed by atoms with van der Waals surface area (Å²) in [7, 11) is 0. The Hall–Kier alpha value is -7.40. The quantitative estimate of drug-likeness (QED) is 0.186. The van der Waals surface area contributed by atoms with Crippen LogP contribution in [0.4, 0.5) is 0 Å². The van der Waals surface area contributed by atoms with E-state index in [1.54, 1.807) is 24.5 Å². The minimum absolute atomic E-state index is 0.523. The summed E-state index contributed by atoms with van der Waals surface area (Å²) >= 11 is 0. The van der Waals surface area contributed by atoms with Crippen molar-refractivity contribution in [1.29, 1.82) is 10.5 Å². The Morgan fingerprint density at radius 3 is 1.25 bits per heavy atom. The predicted octanol–water partition coefficient (Wildman–Crippen LogP) is 11.2. The minimum atomic E-state index is -0.523. The van der Waals surface area contributed by atoms with Crippen molar-refractivity contribution < 1.29 is 0 Å². The SMILES string of the molecule is N#Cc1ccnc(-c2cccc(-c3ccc4c(c3)C3(c5ccccc5-c5ccccc53)c3cc(-c5cccc(-c6cc(C#N)ccn6)c5)ccc3-4)c2)c1. The normalized spacial score (nSPS) is 12.6. The molecule has 0 saturated heterocycles. The first-order valence-electron chi connectivity index (χ1n) is 17.6. The van der Waals surface area contributed by atoms with Crippen LogP contribution in [0.5, 0.6) is 0 Å². The van der Waals surface area contributed by atoms with E-state index in [4.69, 9.17) is 0 Å². The molecule has 244 valence electrons. The lowest BCUT2D eigenvalue weighted by atomic mass is 9.70. The van der Waals surface area contributed by atoms with Crippen LogP contribution in [0.1, 0.15) is 33.4 Å². The number of nitrogens with zero attached hydrogens (tertiary/aromatic N) is 4. The summed E-state index contributed by atoms with van der Waals surface area (Å²) in [5.41, 5.74) is 18.6. The Bertz CT molecular complexity index is 2690. The van der Waals surface area contributed by atoms with Gasteiger partial charge in [0, 0.05) is 23.5 Å². The third kappa shape index (κ3) is 4.60. The lowest BCUT2D eigenvalue weighted by Crippen LogP contribution is -2.26. The van der Waals surface area contributed by atoms with Gasteiger partial charge in [0.15, 0.2) is 0 Å². The fourth-order valence-electron chi connectivity index (χ4n) is 8.53. The van der Waals surface area contributed by atoms with Gasteiger partial charge in [0.25, 0.3) is 0 Å². The van der Waals surface area contributed by atoms with Crippen molar-refractivity contribution in [3.63, 3.8) is 0 Å². The van der Waals surface area contributed by atoms with E-state index in [9.17, 15) is 10.5 Å². The maximum Gasteiger partial charge on any atom is 0.0992 e. The van der Waals surface area contributed by atoms with Gasteiger partial charge in [-0.2, -0.15) is 10.5 Å². The second-order valence-corrected chi connectivity index (χ2v) is 13.6. The van der Waals surface area contributed by atoms with Gasteiger partial charge < -0.3 is 0 Å². The Balaban J connectivity index is 1.18. The number of fused-ring (bicyclic) bond motifs is 10. The van der Waals surface area contributed by atoms with Crippen molar-refractivity contribution in [2.24, 2.45) is 0 Å². The molecule has 0 atom stereocenters. The van der Waals surface area contributed by atoms with Crippen LogP contribution in [0.2, 0.25) is 0 Å². The third-order valence-electron chi connectivity index (χ3n) is 10.9. The van der Waals surface area contributed by atoms with Crippen LogP contribution in [0.3, 0.4) is 0 Å². The van der Waals surface area contributed by atoms with Crippen molar-refractivity contribution in [1.82, 2.24) is 9.97 Å². The molecule has 0 unspecified atom stereocenters. The van der Waals surface area contributed by atoms with Gasteiger partial charge in [0.05, 0.1) is 40.1 Å². The summed E-state index contributed by atoms with van der Waals surface area (Å²) in [6.07, 6.45) is 3.39. The maximum absolute atomic E-state index is 9.51. The molecule has 0 aliphatic heterocycles. The zero-order valence-electron chi connectivity index (χ0n) is 28.5. The number of nitriles is 2. The average molecular weight is 673 g/mol. The zero-order valence-corrected chi connectivity index (χ0v) is 28.5. The molecule has 0 saturated carbocycles. The van der Waals surface area contributed by atoms with Gasteiger partial charge in [0.2, 0.25) is 0 Å². The van der Waals surface area contributed by atoms with Crippen LogP contribution in [-0.2, 0) is 5.41 Å².